The van der Waals surface area contributed by atoms with E-state index in [1.54, 1.807) is 7.11 Å². The normalized spacial score (nSPS) is 12.2. The van der Waals surface area contributed by atoms with Gasteiger partial charge in [0.05, 0.1) is 4.90 Å². The minimum atomic E-state index is -0.613. The Kier molecular flexibility index (Phi) is 7.52. The van der Waals surface area contributed by atoms with Crippen molar-refractivity contribution in [2.45, 2.75) is 4.90 Å². The highest BCUT2D eigenvalue weighted by Crippen LogP contribution is 2.61. The van der Waals surface area contributed by atoms with E-state index in [9.17, 15) is 0 Å². The molecule has 0 amide bonds. The molecule has 2 unspecified atom stereocenters. The quantitative estimate of drug-likeness (QED) is 0.618. The second kappa shape index (κ2) is 8.63. The van der Waals surface area contributed by atoms with Gasteiger partial charge in [-0.1, -0.05) is 60.7 Å². The Morgan fingerprint density at radius 3 is 1.55 bits per heavy atom. The van der Waals surface area contributed by atoms with Crippen molar-refractivity contribution in [2.24, 2.45) is 0 Å². The summed E-state index contributed by atoms with van der Waals surface area (Å²) in [6.45, 7) is 2.17. The highest BCUT2D eigenvalue weighted by Gasteiger charge is 2.35. The molecule has 20 heavy (non-hydrogen) atoms. The molecule has 0 N–H and O–H groups in total. The maximum Gasteiger partial charge on any atom is 0.0780 e. The second-order valence-corrected chi connectivity index (χ2v) is 7.60. The summed E-state index contributed by atoms with van der Waals surface area (Å²) in [5, 5.41) is 0. The maximum atomic E-state index is 5.67. The molecule has 4 radical (unpaired) electrons. The first kappa shape index (κ1) is 17.4. The number of hydrogen-bond acceptors (Lipinski definition) is 1. The van der Waals surface area contributed by atoms with Crippen molar-refractivity contribution < 1.29 is 4.52 Å². The zero-order valence-electron chi connectivity index (χ0n) is 11.9. The van der Waals surface area contributed by atoms with Crippen molar-refractivity contribution in [3.63, 3.8) is 0 Å². The molecule has 0 aliphatic rings. The van der Waals surface area contributed by atoms with Gasteiger partial charge in [-0.2, -0.15) is 0 Å². The molecule has 0 saturated heterocycles. The minimum absolute atomic E-state index is 0.146. The van der Waals surface area contributed by atoms with Crippen molar-refractivity contribution in [1.29, 1.82) is 0 Å². The topological polar surface area (TPSA) is 9.23 Å². The molecule has 0 bridgehead atoms. The van der Waals surface area contributed by atoms with Crippen LogP contribution in [0.15, 0.2) is 60.7 Å². The molecule has 0 saturated carbocycles. The maximum absolute atomic E-state index is 5.67. The van der Waals surface area contributed by atoms with Crippen molar-refractivity contribution in [3.8, 4) is 0 Å². The molecule has 0 aliphatic carbocycles. The van der Waals surface area contributed by atoms with E-state index < -0.39 is 8.15 Å². The summed E-state index contributed by atoms with van der Waals surface area (Å²) in [6.07, 6.45) is 0. The molecule has 0 heterocycles. The number of rotatable bonds is 4. The Bertz CT molecular complexity index is 454. The summed E-state index contributed by atoms with van der Waals surface area (Å²) in [4.78, 5) is -0.146. The van der Waals surface area contributed by atoms with Gasteiger partial charge in [0.15, 0.2) is 0 Å². The van der Waals surface area contributed by atoms with Gasteiger partial charge in [0.25, 0.3) is 0 Å². The van der Waals surface area contributed by atoms with Crippen LogP contribution in [-0.2, 0) is 9.42 Å². The fourth-order valence-corrected chi connectivity index (χ4v) is 4.07. The van der Waals surface area contributed by atoms with E-state index in [4.69, 9.17) is 4.52 Å². The van der Waals surface area contributed by atoms with E-state index in [0.717, 1.165) is 0 Å². The van der Waals surface area contributed by atoms with Gasteiger partial charge in [0.2, 0.25) is 0 Å². The summed E-state index contributed by atoms with van der Waals surface area (Å²) >= 11 is 0. The molecule has 0 aliphatic heterocycles. The van der Waals surface area contributed by atoms with Gasteiger partial charge in [-0.15, -0.1) is 9.24 Å². The lowest BCUT2D eigenvalue weighted by Crippen LogP contribution is -2.18. The molecule has 2 atom stereocenters. The summed E-state index contributed by atoms with van der Waals surface area (Å²) < 4.78 is 5.67. The molecule has 0 aromatic heterocycles. The van der Waals surface area contributed by atoms with Crippen molar-refractivity contribution in [2.75, 3.05) is 13.8 Å². The monoisotopic (exact) mass is 298 g/mol. The fraction of sp³-hybridized carbons (Fsp3) is 0.200. The van der Waals surface area contributed by atoms with Crippen LogP contribution in [0.1, 0.15) is 11.1 Å². The summed E-state index contributed by atoms with van der Waals surface area (Å²) in [5.41, 5.74) is 2.55. The minimum Gasteiger partial charge on any atom is -0.361 e. The Morgan fingerprint density at radius 1 is 0.900 bits per heavy atom. The van der Waals surface area contributed by atoms with E-state index in [1.807, 2.05) is 12.1 Å². The molecule has 5 heteroatoms. The molecule has 2 rings (SSSR count). The third-order valence-electron chi connectivity index (χ3n) is 3.20. The third-order valence-corrected chi connectivity index (χ3v) is 7.01. The van der Waals surface area contributed by atoms with Gasteiger partial charge in [-0.3, -0.25) is 0 Å². The lowest BCUT2D eigenvalue weighted by molar-refractivity contribution is 0.457. The van der Waals surface area contributed by atoms with Gasteiger partial charge in [-0.05, 0) is 17.8 Å². The van der Waals surface area contributed by atoms with Crippen LogP contribution >= 0.6 is 17.4 Å². The first-order valence-electron chi connectivity index (χ1n) is 6.21. The molecular weight excluding hydrogens is 280 g/mol. The Labute approximate surface area is 128 Å². The van der Waals surface area contributed by atoms with E-state index in [2.05, 4.69) is 79.9 Å². The fourth-order valence-electron chi connectivity index (χ4n) is 2.06. The van der Waals surface area contributed by atoms with Crippen LogP contribution < -0.4 is 0 Å². The Balaban J connectivity index is 0.000000956. The summed E-state index contributed by atoms with van der Waals surface area (Å²) in [6, 6.07) is 21.1. The van der Waals surface area contributed by atoms with Gasteiger partial charge < -0.3 is 4.52 Å². The Hall–Kier alpha value is -0.610. The average Bonchev–Trinajstić information content (AvgIpc) is 2.56. The predicted molar refractivity (Wildman–Crippen MR) is 94.7 cm³/mol. The van der Waals surface area contributed by atoms with E-state index in [-0.39, 0.29) is 4.90 Å². The zero-order chi connectivity index (χ0) is 15.0. The van der Waals surface area contributed by atoms with Gasteiger partial charge in [0.1, 0.15) is 0 Å². The SMILES string of the molecule is COP(C)C(P)(c1ccccc1)c1ccccc1.[B][B]. The lowest BCUT2D eigenvalue weighted by atomic mass is 9.81. The first-order chi connectivity index (χ1) is 9.69. The van der Waals surface area contributed by atoms with Crippen LogP contribution in [0.25, 0.3) is 0 Å². The molecule has 0 spiro atoms. The average molecular weight is 298 g/mol. The highest BCUT2D eigenvalue weighted by atomic mass is 31.2. The van der Waals surface area contributed by atoms with Crippen molar-refractivity contribution in [3.05, 3.63) is 71.8 Å². The van der Waals surface area contributed by atoms with Crippen LogP contribution in [0, 0.1) is 0 Å². The van der Waals surface area contributed by atoms with Crippen molar-refractivity contribution >= 4 is 32.9 Å². The largest absolute Gasteiger partial charge is 0.361 e. The zero-order valence-corrected chi connectivity index (χ0v) is 13.9. The first-order valence-corrected chi connectivity index (χ1v) is 8.49. The van der Waals surface area contributed by atoms with E-state index in [1.165, 1.54) is 11.1 Å². The molecule has 0 fully saturated rings. The van der Waals surface area contributed by atoms with Gasteiger partial charge in [0, 0.05) is 30.7 Å². The van der Waals surface area contributed by atoms with E-state index in [0.29, 0.717) is 0 Å². The van der Waals surface area contributed by atoms with Gasteiger partial charge >= 0.3 is 0 Å². The van der Waals surface area contributed by atoms with Crippen molar-refractivity contribution in [1.82, 2.24) is 0 Å². The van der Waals surface area contributed by atoms with Crippen LogP contribution in [0.4, 0.5) is 0 Å². The van der Waals surface area contributed by atoms with Crippen LogP contribution in [-0.4, -0.2) is 29.2 Å². The van der Waals surface area contributed by atoms with Crippen LogP contribution in [0.2, 0.25) is 0 Å². The van der Waals surface area contributed by atoms with Crippen LogP contribution in [0.5, 0.6) is 0 Å². The highest BCUT2D eigenvalue weighted by molar-refractivity contribution is 7.61. The van der Waals surface area contributed by atoms with Crippen LogP contribution in [0.3, 0.4) is 0 Å². The number of hydrogen-bond donors (Lipinski definition) is 0. The summed E-state index contributed by atoms with van der Waals surface area (Å²) in [5.74, 6) is 0. The van der Waals surface area contributed by atoms with E-state index >= 15 is 0 Å². The molecule has 100 valence electrons. The molecule has 1 nitrogen and oxygen atoms in total. The molecule has 2 aromatic carbocycles. The number of benzene rings is 2. The standard InChI is InChI=1S/C15H18OP2.B2/c1-16-18(2)15(17,13-9-5-3-6-10-13)14-11-7-4-8-12-14;1-2/h3-12H,17H2,1-2H3;. The smallest absolute Gasteiger partial charge is 0.0780 e. The third kappa shape index (κ3) is 3.73. The lowest BCUT2D eigenvalue weighted by Gasteiger charge is -2.35. The molecular formula is C15H18B2OP2. The predicted octanol–water partition coefficient (Wildman–Crippen LogP) is 3.67. The summed E-state index contributed by atoms with van der Waals surface area (Å²) in [7, 11) is 12.2. The molecule has 2 aromatic rings. The Morgan fingerprint density at radius 2 is 1.25 bits per heavy atom. The second-order valence-electron chi connectivity index (χ2n) is 4.18. The van der Waals surface area contributed by atoms with Gasteiger partial charge in [-0.25, -0.2) is 0 Å².